The van der Waals surface area contributed by atoms with Crippen molar-refractivity contribution in [2.24, 2.45) is 0 Å². The molecule has 2 aromatic carbocycles. The summed E-state index contributed by atoms with van der Waals surface area (Å²) in [5.41, 5.74) is 2.06. The van der Waals surface area contributed by atoms with Crippen LogP contribution >= 0.6 is 0 Å². The van der Waals surface area contributed by atoms with Crippen molar-refractivity contribution in [3.05, 3.63) is 71.8 Å². The Balaban J connectivity index is 0.00000124. The minimum Gasteiger partial charge on any atom is -0.546 e. The fourth-order valence-corrected chi connectivity index (χ4v) is 7.80. The number of carbonyl (C=O) groups is 4. The van der Waals surface area contributed by atoms with Gasteiger partial charge in [0, 0.05) is 26.7 Å². The van der Waals surface area contributed by atoms with E-state index in [0.717, 1.165) is 49.7 Å². The second-order valence-corrected chi connectivity index (χ2v) is 17.5. The maximum atomic E-state index is 11.4. The molecule has 0 N–H and O–H groups in total. The number of rotatable bonds is 40. The maximum absolute atomic E-state index is 11.4. The van der Waals surface area contributed by atoms with E-state index in [1.807, 2.05) is 60.7 Å². The number of unbranched alkanes of at least 4 members (excludes halogenated alkanes) is 22. The molecule has 11 heteroatoms. The van der Waals surface area contributed by atoms with Gasteiger partial charge in [-0.3, -0.25) is 9.59 Å². The Morgan fingerprint density at radius 2 is 0.692 bits per heavy atom. The van der Waals surface area contributed by atoms with Gasteiger partial charge in [0.1, 0.15) is 12.2 Å². The topological polar surface area (TPSA) is 151 Å². The van der Waals surface area contributed by atoms with Gasteiger partial charge < -0.3 is 38.7 Å². The number of carboxylic acids is 2. The van der Waals surface area contributed by atoms with Gasteiger partial charge in [0.25, 0.3) is 0 Å². The average molecular weight is 1030 g/mol. The van der Waals surface area contributed by atoms with Crippen LogP contribution in [0.25, 0.3) is 0 Å². The maximum Gasteiger partial charge on any atom is 2.00 e. The molecule has 364 valence electrons. The number of benzene rings is 2. The summed E-state index contributed by atoms with van der Waals surface area (Å²) in [5.74, 6) is -3.98. The standard InChI is InChI=1S/2C27H44O5.Ba/c2*1-3-4-5-6-7-8-9-10-11-12-13-17-20-25(21-26(27(29)30)32-23(2)28)31-22-24-18-15-14-16-19-24;/h2*14-16,18-19,25-26H,3-13,17,20-22H2,1-2H3,(H,29,30);/q;;+2/p-2. The first-order valence-electron chi connectivity index (χ1n) is 25.1. The predicted octanol–water partition coefficient (Wildman–Crippen LogP) is 11.1. The van der Waals surface area contributed by atoms with Gasteiger partial charge in [-0.15, -0.1) is 0 Å². The van der Waals surface area contributed by atoms with E-state index < -0.39 is 36.1 Å². The number of hydrogen-bond acceptors (Lipinski definition) is 10. The first-order valence-corrected chi connectivity index (χ1v) is 25.1. The third kappa shape index (κ3) is 38.5. The fraction of sp³-hybridized carbons (Fsp3) is 0.704. The van der Waals surface area contributed by atoms with Gasteiger partial charge in [-0.25, -0.2) is 0 Å². The van der Waals surface area contributed by atoms with Crippen molar-refractivity contribution in [2.75, 3.05) is 0 Å². The van der Waals surface area contributed by atoms with E-state index >= 15 is 0 Å². The summed E-state index contributed by atoms with van der Waals surface area (Å²) < 4.78 is 21.9. The second-order valence-electron chi connectivity index (χ2n) is 17.5. The van der Waals surface area contributed by atoms with Crippen molar-refractivity contribution in [3.63, 3.8) is 0 Å². The van der Waals surface area contributed by atoms with E-state index in [0.29, 0.717) is 13.2 Å². The normalized spacial score (nSPS) is 12.7. The first kappa shape index (κ1) is 62.8. The Bertz CT molecular complexity index is 1320. The van der Waals surface area contributed by atoms with Crippen LogP contribution in [0.4, 0.5) is 0 Å². The van der Waals surface area contributed by atoms with Gasteiger partial charge >= 0.3 is 60.8 Å². The van der Waals surface area contributed by atoms with Crippen molar-refractivity contribution in [1.29, 1.82) is 0 Å². The summed E-state index contributed by atoms with van der Waals surface area (Å²) in [5, 5.41) is 22.8. The van der Waals surface area contributed by atoms with Crippen LogP contribution in [-0.2, 0) is 51.3 Å². The molecule has 0 aliphatic rings. The quantitative estimate of drug-likeness (QED) is 0.0358. The molecule has 65 heavy (non-hydrogen) atoms. The second kappa shape index (κ2) is 44.3. The van der Waals surface area contributed by atoms with E-state index in [2.05, 4.69) is 13.8 Å². The van der Waals surface area contributed by atoms with E-state index in [4.69, 9.17) is 18.9 Å². The Hall–Kier alpha value is -2.19. The van der Waals surface area contributed by atoms with Gasteiger partial charge in [0.15, 0.2) is 0 Å². The molecule has 0 fully saturated rings. The summed E-state index contributed by atoms with van der Waals surface area (Å²) in [6.45, 7) is 7.73. The van der Waals surface area contributed by atoms with Gasteiger partial charge in [-0.05, 0) is 24.0 Å². The van der Waals surface area contributed by atoms with Gasteiger partial charge in [-0.2, -0.15) is 0 Å². The number of carboxylic acid groups (broad SMARTS) is 2. The molecule has 0 spiro atoms. The van der Waals surface area contributed by atoms with Crippen molar-refractivity contribution >= 4 is 72.8 Å². The third-order valence-electron chi connectivity index (χ3n) is 11.5. The van der Waals surface area contributed by atoms with E-state index in [1.54, 1.807) is 0 Å². The molecular weight excluding hydrogens is 946 g/mol. The van der Waals surface area contributed by atoms with Crippen molar-refractivity contribution in [1.82, 2.24) is 0 Å². The molecule has 0 heterocycles. The van der Waals surface area contributed by atoms with E-state index in [1.165, 1.54) is 142 Å². The Kier molecular flexibility index (Phi) is 42.8. The SMILES string of the molecule is CCCCCCCCCCCCCCC(CC(OC(C)=O)C(=O)[O-])OCc1ccccc1.CCCCCCCCCCCCCCC(CC(OC(C)=O)C(=O)[O-])OCc1ccccc1.[Ba+2]. The number of hydrogen-bond donors (Lipinski definition) is 0. The summed E-state index contributed by atoms with van der Waals surface area (Å²) in [6.07, 6.45) is 29.1. The Labute approximate surface area is 434 Å². The molecule has 4 atom stereocenters. The first-order chi connectivity index (χ1) is 31.0. The summed E-state index contributed by atoms with van der Waals surface area (Å²) in [6, 6.07) is 19.6. The van der Waals surface area contributed by atoms with Crippen LogP contribution in [0.2, 0.25) is 0 Å². The molecule has 2 rings (SSSR count). The molecule has 0 aliphatic carbocycles. The molecular formula is C54H86BaO10. The smallest absolute Gasteiger partial charge is 0.546 e. The molecule has 0 saturated heterocycles. The molecule has 4 unspecified atom stereocenters. The van der Waals surface area contributed by atoms with E-state index in [9.17, 15) is 29.4 Å². The Morgan fingerprint density at radius 1 is 0.431 bits per heavy atom. The number of carbonyl (C=O) groups excluding carboxylic acids is 4. The number of aliphatic carboxylic acids is 2. The number of ether oxygens (including phenoxy) is 4. The predicted molar refractivity (Wildman–Crippen MR) is 258 cm³/mol. The van der Waals surface area contributed by atoms with E-state index in [-0.39, 0.29) is 73.9 Å². The van der Waals surface area contributed by atoms with Crippen LogP contribution in [0.15, 0.2) is 60.7 Å². The van der Waals surface area contributed by atoms with Crippen molar-refractivity contribution in [2.45, 2.75) is 245 Å². The summed E-state index contributed by atoms with van der Waals surface area (Å²) in [4.78, 5) is 45.2. The zero-order valence-corrected chi connectivity index (χ0v) is 45.5. The molecule has 0 aliphatic heterocycles. The van der Waals surface area contributed by atoms with Gasteiger partial charge in [0.05, 0.1) is 37.4 Å². The fourth-order valence-electron chi connectivity index (χ4n) is 7.80. The van der Waals surface area contributed by atoms with Crippen LogP contribution < -0.4 is 10.2 Å². The van der Waals surface area contributed by atoms with Crippen LogP contribution in [0.1, 0.15) is 219 Å². The summed E-state index contributed by atoms with van der Waals surface area (Å²) >= 11 is 0. The molecule has 10 nitrogen and oxygen atoms in total. The zero-order valence-electron chi connectivity index (χ0n) is 41.1. The minimum absolute atomic E-state index is 0. The Morgan fingerprint density at radius 3 is 0.938 bits per heavy atom. The number of esters is 2. The van der Waals surface area contributed by atoms with Gasteiger partial charge in [0.2, 0.25) is 0 Å². The molecule has 0 aromatic heterocycles. The largest absolute Gasteiger partial charge is 2.00 e. The molecule has 0 saturated carbocycles. The van der Waals surface area contributed by atoms with Crippen LogP contribution in [0.5, 0.6) is 0 Å². The molecule has 0 bridgehead atoms. The van der Waals surface area contributed by atoms with Crippen LogP contribution in [0.3, 0.4) is 0 Å². The summed E-state index contributed by atoms with van der Waals surface area (Å²) in [7, 11) is 0. The van der Waals surface area contributed by atoms with Crippen LogP contribution in [0, 0.1) is 0 Å². The minimum atomic E-state index is -1.37. The molecule has 0 radical (unpaired) electrons. The van der Waals surface area contributed by atoms with Crippen LogP contribution in [-0.4, -0.2) is 97.2 Å². The zero-order chi connectivity index (χ0) is 46.9. The molecule has 2 aromatic rings. The van der Waals surface area contributed by atoms with Crippen molar-refractivity contribution in [3.8, 4) is 0 Å². The van der Waals surface area contributed by atoms with Crippen molar-refractivity contribution < 1.29 is 48.3 Å². The third-order valence-corrected chi connectivity index (χ3v) is 11.5. The van der Waals surface area contributed by atoms with Gasteiger partial charge in [-0.1, -0.05) is 229 Å². The molecule has 0 amide bonds. The average Bonchev–Trinajstić information content (AvgIpc) is 3.27. The monoisotopic (exact) mass is 1030 g/mol.